The van der Waals surface area contributed by atoms with Gasteiger partial charge in [-0.2, -0.15) is 0 Å². The molecule has 1 heterocycles. The Labute approximate surface area is 135 Å². The Morgan fingerprint density at radius 2 is 1.86 bits per heavy atom. The summed E-state index contributed by atoms with van der Waals surface area (Å²) < 4.78 is 11.8. The topological polar surface area (TPSA) is 21.7 Å². The van der Waals surface area contributed by atoms with E-state index >= 15 is 0 Å². The van der Waals surface area contributed by atoms with E-state index in [1.807, 2.05) is 0 Å². The van der Waals surface area contributed by atoms with Crippen LogP contribution in [0.4, 0.5) is 0 Å². The van der Waals surface area contributed by atoms with Crippen molar-refractivity contribution in [2.24, 2.45) is 0 Å². The standard InChI is InChI=1S/C19H31NO2/c1-15(2)17-6-5-7-19(14-17)22-18-8-10-20(11-9-18)12-13-21-16(3)4/h5-7,14-16,18H,8-13H2,1-4H3. The van der Waals surface area contributed by atoms with Crippen molar-refractivity contribution in [1.82, 2.24) is 4.90 Å². The lowest BCUT2D eigenvalue weighted by atomic mass is 10.0. The summed E-state index contributed by atoms with van der Waals surface area (Å²) in [6.45, 7) is 12.7. The van der Waals surface area contributed by atoms with Gasteiger partial charge in [-0.3, -0.25) is 0 Å². The summed E-state index contributed by atoms with van der Waals surface area (Å²) >= 11 is 0. The van der Waals surface area contributed by atoms with E-state index in [1.165, 1.54) is 5.56 Å². The Morgan fingerprint density at radius 3 is 2.50 bits per heavy atom. The fourth-order valence-electron chi connectivity index (χ4n) is 2.81. The molecule has 1 aromatic carbocycles. The lowest BCUT2D eigenvalue weighted by Crippen LogP contribution is -2.40. The molecule has 124 valence electrons. The van der Waals surface area contributed by atoms with Gasteiger partial charge in [-0.25, -0.2) is 0 Å². The third-order valence-electron chi connectivity index (χ3n) is 4.22. The molecule has 1 aromatic rings. The first-order valence-corrected chi connectivity index (χ1v) is 8.65. The van der Waals surface area contributed by atoms with Crippen molar-refractivity contribution >= 4 is 0 Å². The van der Waals surface area contributed by atoms with Crippen LogP contribution < -0.4 is 4.74 Å². The van der Waals surface area contributed by atoms with Gasteiger partial charge >= 0.3 is 0 Å². The zero-order valence-electron chi connectivity index (χ0n) is 14.5. The predicted octanol–water partition coefficient (Wildman–Crippen LogP) is 4.08. The van der Waals surface area contributed by atoms with E-state index in [-0.39, 0.29) is 0 Å². The molecule has 22 heavy (non-hydrogen) atoms. The minimum atomic E-state index is 0.328. The van der Waals surface area contributed by atoms with Crippen LogP contribution in [0.15, 0.2) is 24.3 Å². The molecular formula is C19H31NO2. The van der Waals surface area contributed by atoms with Crippen LogP contribution in [-0.2, 0) is 4.74 Å². The SMILES string of the molecule is CC(C)OCCN1CCC(Oc2cccc(C(C)C)c2)CC1. The van der Waals surface area contributed by atoms with E-state index in [4.69, 9.17) is 9.47 Å². The summed E-state index contributed by atoms with van der Waals surface area (Å²) in [5, 5.41) is 0. The Balaban J connectivity index is 1.74. The molecule has 0 aliphatic carbocycles. The number of benzene rings is 1. The second-order valence-corrected chi connectivity index (χ2v) is 6.81. The van der Waals surface area contributed by atoms with Crippen molar-refractivity contribution in [3.05, 3.63) is 29.8 Å². The van der Waals surface area contributed by atoms with Crippen LogP contribution in [0.25, 0.3) is 0 Å². The van der Waals surface area contributed by atoms with Crippen molar-refractivity contribution < 1.29 is 9.47 Å². The second kappa shape index (κ2) is 8.54. The quantitative estimate of drug-likeness (QED) is 0.757. The zero-order valence-corrected chi connectivity index (χ0v) is 14.5. The molecule has 3 heteroatoms. The van der Waals surface area contributed by atoms with Gasteiger partial charge in [0.25, 0.3) is 0 Å². The highest BCUT2D eigenvalue weighted by Gasteiger charge is 2.20. The first kappa shape index (κ1) is 17.3. The van der Waals surface area contributed by atoms with Gasteiger partial charge in [0.15, 0.2) is 0 Å². The van der Waals surface area contributed by atoms with E-state index in [1.54, 1.807) is 0 Å². The van der Waals surface area contributed by atoms with Crippen LogP contribution in [0.5, 0.6) is 5.75 Å². The number of hydrogen-bond donors (Lipinski definition) is 0. The number of piperidine rings is 1. The van der Waals surface area contributed by atoms with Crippen LogP contribution in [-0.4, -0.2) is 43.3 Å². The molecule has 2 rings (SSSR count). The number of ether oxygens (including phenoxy) is 2. The average Bonchev–Trinajstić information content (AvgIpc) is 2.49. The Bertz CT molecular complexity index is 437. The largest absolute Gasteiger partial charge is 0.490 e. The highest BCUT2D eigenvalue weighted by molar-refractivity contribution is 5.30. The van der Waals surface area contributed by atoms with Crippen molar-refractivity contribution in [2.45, 2.75) is 58.7 Å². The number of hydrogen-bond acceptors (Lipinski definition) is 3. The van der Waals surface area contributed by atoms with Gasteiger partial charge < -0.3 is 14.4 Å². The van der Waals surface area contributed by atoms with Gasteiger partial charge in [0.2, 0.25) is 0 Å². The van der Waals surface area contributed by atoms with Crippen molar-refractivity contribution in [3.8, 4) is 5.75 Å². The van der Waals surface area contributed by atoms with E-state index in [2.05, 4.69) is 56.9 Å². The molecule has 0 amide bonds. The molecule has 0 spiro atoms. The molecule has 1 aliphatic heterocycles. The van der Waals surface area contributed by atoms with Gasteiger partial charge in [0.05, 0.1) is 12.7 Å². The summed E-state index contributed by atoms with van der Waals surface area (Å²) in [4.78, 5) is 2.48. The molecule has 1 aliphatic rings. The van der Waals surface area contributed by atoms with Crippen LogP contribution in [0.2, 0.25) is 0 Å². The van der Waals surface area contributed by atoms with E-state index in [9.17, 15) is 0 Å². The molecule has 3 nitrogen and oxygen atoms in total. The zero-order chi connectivity index (χ0) is 15.9. The van der Waals surface area contributed by atoms with Gasteiger partial charge in [0, 0.05) is 19.6 Å². The summed E-state index contributed by atoms with van der Waals surface area (Å²) in [6.07, 6.45) is 2.89. The molecule has 1 fully saturated rings. The maximum atomic E-state index is 6.18. The van der Waals surface area contributed by atoms with Gasteiger partial charge in [-0.15, -0.1) is 0 Å². The molecule has 0 aromatic heterocycles. The van der Waals surface area contributed by atoms with Crippen molar-refractivity contribution in [3.63, 3.8) is 0 Å². The van der Waals surface area contributed by atoms with E-state index < -0.39 is 0 Å². The van der Waals surface area contributed by atoms with E-state index in [0.717, 1.165) is 44.8 Å². The van der Waals surface area contributed by atoms with Crippen LogP contribution in [0, 0.1) is 0 Å². The smallest absolute Gasteiger partial charge is 0.120 e. The first-order valence-electron chi connectivity index (χ1n) is 8.65. The van der Waals surface area contributed by atoms with Crippen molar-refractivity contribution in [1.29, 1.82) is 0 Å². The highest BCUT2D eigenvalue weighted by atomic mass is 16.5. The molecule has 0 radical (unpaired) electrons. The molecule has 0 atom stereocenters. The van der Waals surface area contributed by atoms with Gasteiger partial charge in [-0.05, 0) is 50.3 Å². The lowest BCUT2D eigenvalue weighted by Gasteiger charge is -2.32. The normalized spacial score (nSPS) is 17.4. The minimum Gasteiger partial charge on any atom is -0.490 e. The molecule has 0 unspecified atom stereocenters. The van der Waals surface area contributed by atoms with E-state index in [0.29, 0.717) is 18.1 Å². The fraction of sp³-hybridized carbons (Fsp3) is 0.684. The van der Waals surface area contributed by atoms with Gasteiger partial charge in [0.1, 0.15) is 11.9 Å². The predicted molar refractivity (Wildman–Crippen MR) is 91.7 cm³/mol. The molecular weight excluding hydrogens is 274 g/mol. The van der Waals surface area contributed by atoms with Crippen LogP contribution in [0.3, 0.4) is 0 Å². The Morgan fingerprint density at radius 1 is 1.14 bits per heavy atom. The molecule has 0 N–H and O–H groups in total. The number of rotatable bonds is 7. The minimum absolute atomic E-state index is 0.328. The maximum absolute atomic E-state index is 6.18. The van der Waals surface area contributed by atoms with Crippen LogP contribution >= 0.6 is 0 Å². The van der Waals surface area contributed by atoms with Crippen LogP contribution in [0.1, 0.15) is 52.0 Å². The Hall–Kier alpha value is -1.06. The number of nitrogens with zero attached hydrogens (tertiary/aromatic N) is 1. The fourth-order valence-corrected chi connectivity index (χ4v) is 2.81. The van der Waals surface area contributed by atoms with Gasteiger partial charge in [-0.1, -0.05) is 26.0 Å². The lowest BCUT2D eigenvalue weighted by molar-refractivity contribution is 0.0404. The monoisotopic (exact) mass is 305 g/mol. The summed E-state index contributed by atoms with van der Waals surface area (Å²) in [6, 6.07) is 8.54. The first-order chi connectivity index (χ1) is 10.5. The number of likely N-dealkylation sites (tertiary alicyclic amines) is 1. The summed E-state index contributed by atoms with van der Waals surface area (Å²) in [5.74, 6) is 1.57. The third kappa shape index (κ3) is 5.62. The summed E-state index contributed by atoms with van der Waals surface area (Å²) in [5.41, 5.74) is 1.35. The molecule has 0 saturated carbocycles. The van der Waals surface area contributed by atoms with Crippen molar-refractivity contribution in [2.75, 3.05) is 26.2 Å². The average molecular weight is 305 g/mol. The maximum Gasteiger partial charge on any atom is 0.120 e. The highest BCUT2D eigenvalue weighted by Crippen LogP contribution is 2.23. The summed E-state index contributed by atoms with van der Waals surface area (Å²) in [7, 11) is 0. The molecule has 1 saturated heterocycles. The molecule has 0 bridgehead atoms. The Kier molecular flexibility index (Phi) is 6.71. The second-order valence-electron chi connectivity index (χ2n) is 6.81. The third-order valence-corrected chi connectivity index (χ3v) is 4.22.